The van der Waals surface area contributed by atoms with E-state index in [1.54, 1.807) is 12.1 Å². The first-order valence-corrected chi connectivity index (χ1v) is 6.51. The van der Waals surface area contributed by atoms with Gasteiger partial charge in [0.25, 0.3) is 0 Å². The highest BCUT2D eigenvalue weighted by Crippen LogP contribution is 2.31. The molecule has 1 atom stereocenters. The van der Waals surface area contributed by atoms with Gasteiger partial charge in [0, 0.05) is 5.92 Å². The summed E-state index contributed by atoms with van der Waals surface area (Å²) in [7, 11) is 0. The third kappa shape index (κ3) is 3.50. The predicted octanol–water partition coefficient (Wildman–Crippen LogP) is 2.90. The number of hydrogen-bond acceptors (Lipinski definition) is 3. The van der Waals surface area contributed by atoms with Crippen LogP contribution in [0, 0.1) is 17.8 Å². The van der Waals surface area contributed by atoms with Gasteiger partial charge in [-0.25, -0.2) is 0 Å². The first-order valence-electron chi connectivity index (χ1n) is 6.51. The van der Waals surface area contributed by atoms with Gasteiger partial charge in [0.1, 0.15) is 5.75 Å². The molecule has 1 aliphatic heterocycles. The minimum absolute atomic E-state index is 0.0710. The van der Waals surface area contributed by atoms with Crippen LogP contribution >= 0.6 is 0 Å². The van der Waals surface area contributed by atoms with E-state index in [-0.39, 0.29) is 17.6 Å². The maximum absolute atomic E-state index is 9.36. The van der Waals surface area contributed by atoms with Crippen molar-refractivity contribution in [2.75, 3.05) is 13.2 Å². The standard InChI is InChI=1S/C16H20O3/c1-4-5-15(12-6-8-14(17)9-7-12)13-10-18-16(2,3)19-11-13/h6-9,13,15,17H,10-11H2,1-3H3. The molecule has 1 heterocycles. The summed E-state index contributed by atoms with van der Waals surface area (Å²) in [5.41, 5.74) is 1.09. The van der Waals surface area contributed by atoms with Crippen molar-refractivity contribution >= 4 is 0 Å². The molecule has 3 nitrogen and oxygen atoms in total. The normalized spacial score (nSPS) is 20.4. The summed E-state index contributed by atoms with van der Waals surface area (Å²) in [5, 5.41) is 9.36. The minimum atomic E-state index is -0.504. The van der Waals surface area contributed by atoms with E-state index in [1.165, 1.54) is 0 Å². The molecule has 1 fully saturated rings. The van der Waals surface area contributed by atoms with Gasteiger partial charge in [0.2, 0.25) is 0 Å². The van der Waals surface area contributed by atoms with E-state index in [2.05, 4.69) is 11.8 Å². The largest absolute Gasteiger partial charge is 0.508 e. The van der Waals surface area contributed by atoms with Crippen LogP contribution in [0.5, 0.6) is 5.75 Å². The number of hydrogen-bond donors (Lipinski definition) is 1. The molecule has 0 radical (unpaired) electrons. The average Bonchev–Trinajstić information content (AvgIpc) is 2.38. The fourth-order valence-electron chi connectivity index (χ4n) is 2.21. The zero-order chi connectivity index (χ0) is 13.9. The van der Waals surface area contributed by atoms with Gasteiger partial charge in [-0.3, -0.25) is 0 Å². The summed E-state index contributed by atoms with van der Waals surface area (Å²) in [4.78, 5) is 0. The van der Waals surface area contributed by atoms with Crippen LogP contribution in [0.4, 0.5) is 0 Å². The Balaban J connectivity index is 2.16. The monoisotopic (exact) mass is 260 g/mol. The molecule has 0 bridgehead atoms. The van der Waals surface area contributed by atoms with Crippen LogP contribution in [-0.2, 0) is 9.47 Å². The number of rotatable bonds is 2. The summed E-state index contributed by atoms with van der Waals surface area (Å²) in [6.45, 7) is 6.94. The third-order valence-corrected chi connectivity index (χ3v) is 3.31. The summed E-state index contributed by atoms with van der Waals surface area (Å²) in [6, 6.07) is 7.19. The molecule has 1 saturated heterocycles. The van der Waals surface area contributed by atoms with Gasteiger partial charge < -0.3 is 14.6 Å². The second-order valence-corrected chi connectivity index (χ2v) is 5.25. The van der Waals surface area contributed by atoms with Crippen molar-refractivity contribution in [3.05, 3.63) is 29.8 Å². The molecule has 19 heavy (non-hydrogen) atoms. The second kappa shape index (κ2) is 5.64. The van der Waals surface area contributed by atoms with Gasteiger partial charge in [0.15, 0.2) is 5.79 Å². The van der Waals surface area contributed by atoms with Crippen LogP contribution in [0.15, 0.2) is 24.3 Å². The van der Waals surface area contributed by atoms with Crippen molar-refractivity contribution in [3.8, 4) is 17.6 Å². The lowest BCUT2D eigenvalue weighted by atomic mass is 9.86. The average molecular weight is 260 g/mol. The van der Waals surface area contributed by atoms with Crippen LogP contribution in [0.25, 0.3) is 0 Å². The van der Waals surface area contributed by atoms with Gasteiger partial charge in [-0.15, -0.1) is 5.92 Å². The summed E-state index contributed by atoms with van der Waals surface area (Å²) in [6.07, 6.45) is 0. The highest BCUT2D eigenvalue weighted by Gasteiger charge is 2.32. The van der Waals surface area contributed by atoms with E-state index in [9.17, 15) is 5.11 Å². The SMILES string of the molecule is CC#CC(c1ccc(O)cc1)C1COC(C)(C)OC1. The molecule has 2 rings (SSSR count). The van der Waals surface area contributed by atoms with E-state index in [1.807, 2.05) is 32.9 Å². The molecule has 1 N–H and O–H groups in total. The molecule has 0 aromatic heterocycles. The fraction of sp³-hybridized carbons (Fsp3) is 0.500. The van der Waals surface area contributed by atoms with Crippen molar-refractivity contribution in [2.24, 2.45) is 5.92 Å². The maximum atomic E-state index is 9.36. The topological polar surface area (TPSA) is 38.7 Å². The molecule has 1 aliphatic rings. The number of ether oxygens (including phenoxy) is 2. The Bertz CT molecular complexity index is 469. The van der Waals surface area contributed by atoms with Crippen LogP contribution in [0.2, 0.25) is 0 Å². The quantitative estimate of drug-likeness (QED) is 0.831. The number of phenols is 1. The molecule has 0 spiro atoms. The molecule has 1 aromatic carbocycles. The van der Waals surface area contributed by atoms with Crippen molar-refractivity contribution in [1.29, 1.82) is 0 Å². The molecular weight excluding hydrogens is 240 g/mol. The van der Waals surface area contributed by atoms with Crippen molar-refractivity contribution in [1.82, 2.24) is 0 Å². The van der Waals surface area contributed by atoms with E-state index < -0.39 is 5.79 Å². The molecular formula is C16H20O3. The summed E-state index contributed by atoms with van der Waals surface area (Å²) < 4.78 is 11.4. The van der Waals surface area contributed by atoms with Crippen LogP contribution in [0.3, 0.4) is 0 Å². The fourth-order valence-corrected chi connectivity index (χ4v) is 2.21. The predicted molar refractivity (Wildman–Crippen MR) is 73.8 cm³/mol. The van der Waals surface area contributed by atoms with Gasteiger partial charge in [-0.1, -0.05) is 18.1 Å². The Morgan fingerprint density at radius 1 is 1.21 bits per heavy atom. The first-order chi connectivity index (χ1) is 9.02. The first kappa shape index (κ1) is 13.9. The summed E-state index contributed by atoms with van der Waals surface area (Å²) in [5.74, 6) is 6.25. The molecule has 0 saturated carbocycles. The third-order valence-electron chi connectivity index (χ3n) is 3.31. The van der Waals surface area contributed by atoms with E-state index >= 15 is 0 Å². The number of benzene rings is 1. The zero-order valence-corrected chi connectivity index (χ0v) is 11.6. The Morgan fingerprint density at radius 3 is 2.32 bits per heavy atom. The lowest BCUT2D eigenvalue weighted by Crippen LogP contribution is -2.41. The number of phenolic OH excluding ortho intramolecular Hbond substituents is 1. The zero-order valence-electron chi connectivity index (χ0n) is 11.6. The molecule has 1 aromatic rings. The number of aromatic hydroxyl groups is 1. The lowest BCUT2D eigenvalue weighted by molar-refractivity contribution is -0.263. The van der Waals surface area contributed by atoms with Gasteiger partial charge >= 0.3 is 0 Å². The van der Waals surface area contributed by atoms with E-state index in [0.717, 1.165) is 5.56 Å². The van der Waals surface area contributed by atoms with Crippen molar-refractivity contribution < 1.29 is 14.6 Å². The molecule has 102 valence electrons. The van der Waals surface area contributed by atoms with Gasteiger partial charge in [-0.2, -0.15) is 0 Å². The Hall–Kier alpha value is -1.50. The lowest BCUT2D eigenvalue weighted by Gasteiger charge is -2.37. The molecule has 3 heteroatoms. The van der Waals surface area contributed by atoms with Crippen LogP contribution in [-0.4, -0.2) is 24.1 Å². The molecule has 1 unspecified atom stereocenters. The Kier molecular flexibility index (Phi) is 4.14. The van der Waals surface area contributed by atoms with Gasteiger partial charge in [-0.05, 0) is 38.5 Å². The highest BCUT2D eigenvalue weighted by atomic mass is 16.7. The Morgan fingerprint density at radius 2 is 1.79 bits per heavy atom. The van der Waals surface area contributed by atoms with Crippen LogP contribution in [0.1, 0.15) is 32.3 Å². The molecule has 0 amide bonds. The second-order valence-electron chi connectivity index (χ2n) is 5.25. The summed E-state index contributed by atoms with van der Waals surface area (Å²) >= 11 is 0. The highest BCUT2D eigenvalue weighted by molar-refractivity contribution is 5.33. The maximum Gasteiger partial charge on any atom is 0.162 e. The van der Waals surface area contributed by atoms with Gasteiger partial charge in [0.05, 0.1) is 19.1 Å². The van der Waals surface area contributed by atoms with Crippen LogP contribution < -0.4 is 0 Å². The minimum Gasteiger partial charge on any atom is -0.508 e. The van der Waals surface area contributed by atoms with E-state index in [4.69, 9.17) is 9.47 Å². The van der Waals surface area contributed by atoms with E-state index in [0.29, 0.717) is 13.2 Å². The molecule has 0 aliphatic carbocycles. The Labute approximate surface area is 114 Å². The smallest absolute Gasteiger partial charge is 0.162 e. The van der Waals surface area contributed by atoms with Crippen molar-refractivity contribution in [2.45, 2.75) is 32.5 Å². The van der Waals surface area contributed by atoms with Crippen molar-refractivity contribution in [3.63, 3.8) is 0 Å².